The first-order valence-corrected chi connectivity index (χ1v) is 8.47. The molecule has 0 aliphatic heterocycles. The minimum Gasteiger partial charge on any atom is -0.382 e. The van der Waals surface area contributed by atoms with Crippen molar-refractivity contribution in [1.29, 1.82) is 0 Å². The molecule has 4 nitrogen and oxygen atoms in total. The fourth-order valence-electron chi connectivity index (χ4n) is 3.36. The molecule has 118 valence electrons. The molecule has 0 spiro atoms. The summed E-state index contributed by atoms with van der Waals surface area (Å²) in [6.07, 6.45) is 9.52. The topological polar surface area (TPSA) is 55.9 Å². The molecule has 0 atom stereocenters. The van der Waals surface area contributed by atoms with Gasteiger partial charge in [0.05, 0.1) is 23.3 Å². The summed E-state index contributed by atoms with van der Waals surface area (Å²) in [6.45, 7) is 1.63. The molecule has 4 heteroatoms. The largest absolute Gasteiger partial charge is 0.382 e. The molecule has 2 aromatic rings. The van der Waals surface area contributed by atoms with Gasteiger partial charge >= 0.3 is 0 Å². The van der Waals surface area contributed by atoms with Crippen molar-refractivity contribution in [2.75, 3.05) is 18.4 Å². The lowest BCUT2D eigenvalue weighted by atomic mass is 9.86. The van der Waals surface area contributed by atoms with Crippen LogP contribution in [0.4, 0.5) is 5.69 Å². The third-order valence-corrected chi connectivity index (χ3v) is 4.50. The van der Waals surface area contributed by atoms with Crippen molar-refractivity contribution < 1.29 is 0 Å². The van der Waals surface area contributed by atoms with Crippen LogP contribution in [-0.4, -0.2) is 22.9 Å². The quantitative estimate of drug-likeness (QED) is 0.800. The first-order valence-electron chi connectivity index (χ1n) is 8.47. The molecule has 0 bridgehead atoms. The standard InChI is InChI=1S/C18H26N4/c19-12-7-13-20-17-14-21-22(16-10-5-2-6-11-16)18(17)15-8-3-1-4-9-15/h2,5-6,10-11,14-15,20H,1,3-4,7-9,12-13,19H2. The van der Waals surface area contributed by atoms with E-state index in [2.05, 4.69) is 39.4 Å². The lowest BCUT2D eigenvalue weighted by Gasteiger charge is -2.24. The minimum atomic E-state index is 0.608. The summed E-state index contributed by atoms with van der Waals surface area (Å²) in [5.74, 6) is 0.608. The van der Waals surface area contributed by atoms with E-state index < -0.39 is 0 Å². The number of aromatic nitrogens is 2. The fraction of sp³-hybridized carbons (Fsp3) is 0.500. The molecule has 1 heterocycles. The first kappa shape index (κ1) is 15.1. The van der Waals surface area contributed by atoms with Crippen molar-refractivity contribution in [3.8, 4) is 5.69 Å². The molecule has 3 N–H and O–H groups in total. The zero-order chi connectivity index (χ0) is 15.2. The maximum absolute atomic E-state index is 5.61. The Bertz CT molecular complexity index is 570. The average molecular weight is 298 g/mol. The van der Waals surface area contributed by atoms with E-state index in [1.54, 1.807) is 0 Å². The van der Waals surface area contributed by atoms with E-state index >= 15 is 0 Å². The molecular formula is C18H26N4. The highest BCUT2D eigenvalue weighted by molar-refractivity contribution is 5.52. The minimum absolute atomic E-state index is 0.608. The molecule has 1 aliphatic carbocycles. The van der Waals surface area contributed by atoms with Crippen LogP contribution in [0.25, 0.3) is 5.69 Å². The number of nitrogens with one attached hydrogen (secondary N) is 1. The van der Waals surface area contributed by atoms with Gasteiger partial charge in [0.1, 0.15) is 0 Å². The zero-order valence-electron chi connectivity index (χ0n) is 13.2. The van der Waals surface area contributed by atoms with Gasteiger partial charge in [0.2, 0.25) is 0 Å². The van der Waals surface area contributed by atoms with Crippen LogP contribution in [0, 0.1) is 0 Å². The number of nitrogens with two attached hydrogens (primary N) is 1. The average Bonchev–Trinajstić information content (AvgIpc) is 3.01. The van der Waals surface area contributed by atoms with Crippen molar-refractivity contribution in [3.05, 3.63) is 42.2 Å². The van der Waals surface area contributed by atoms with Gasteiger partial charge in [-0.2, -0.15) is 5.10 Å². The van der Waals surface area contributed by atoms with E-state index in [9.17, 15) is 0 Å². The number of hydrogen-bond acceptors (Lipinski definition) is 3. The summed E-state index contributed by atoms with van der Waals surface area (Å²) < 4.78 is 2.13. The number of para-hydroxylation sites is 1. The zero-order valence-corrected chi connectivity index (χ0v) is 13.2. The second-order valence-electron chi connectivity index (χ2n) is 6.09. The maximum atomic E-state index is 5.61. The van der Waals surface area contributed by atoms with Crippen LogP contribution in [-0.2, 0) is 0 Å². The Morgan fingerprint density at radius 2 is 1.91 bits per heavy atom. The lowest BCUT2D eigenvalue weighted by Crippen LogP contribution is -2.14. The first-order chi connectivity index (χ1) is 10.9. The Morgan fingerprint density at radius 1 is 1.14 bits per heavy atom. The molecule has 0 saturated heterocycles. The van der Waals surface area contributed by atoms with Crippen molar-refractivity contribution in [2.24, 2.45) is 5.73 Å². The van der Waals surface area contributed by atoms with Crippen LogP contribution in [0.5, 0.6) is 0 Å². The number of benzene rings is 1. The summed E-state index contributed by atoms with van der Waals surface area (Å²) in [5, 5.41) is 8.20. The Kier molecular flexibility index (Phi) is 5.11. The summed E-state index contributed by atoms with van der Waals surface area (Å²) in [7, 11) is 0. The summed E-state index contributed by atoms with van der Waals surface area (Å²) in [5.41, 5.74) is 9.29. The number of rotatable bonds is 6. The van der Waals surface area contributed by atoms with Crippen molar-refractivity contribution >= 4 is 5.69 Å². The normalized spacial score (nSPS) is 15.9. The van der Waals surface area contributed by atoms with E-state index in [4.69, 9.17) is 5.73 Å². The molecule has 0 radical (unpaired) electrons. The maximum Gasteiger partial charge on any atom is 0.0766 e. The third kappa shape index (κ3) is 3.33. The Morgan fingerprint density at radius 3 is 2.64 bits per heavy atom. The number of anilines is 1. The lowest BCUT2D eigenvalue weighted by molar-refractivity contribution is 0.430. The van der Waals surface area contributed by atoms with Crippen molar-refractivity contribution in [2.45, 2.75) is 44.4 Å². The molecule has 1 fully saturated rings. The Balaban J connectivity index is 1.91. The third-order valence-electron chi connectivity index (χ3n) is 4.50. The van der Waals surface area contributed by atoms with Gasteiger partial charge in [-0.25, -0.2) is 4.68 Å². The van der Waals surface area contributed by atoms with Crippen LogP contribution >= 0.6 is 0 Å². The molecule has 1 saturated carbocycles. The fourth-order valence-corrected chi connectivity index (χ4v) is 3.36. The van der Waals surface area contributed by atoms with Gasteiger partial charge in [-0.15, -0.1) is 0 Å². The van der Waals surface area contributed by atoms with Gasteiger partial charge in [0.25, 0.3) is 0 Å². The summed E-state index contributed by atoms with van der Waals surface area (Å²) >= 11 is 0. The number of nitrogens with zero attached hydrogens (tertiary/aromatic N) is 2. The number of hydrogen-bond donors (Lipinski definition) is 2. The van der Waals surface area contributed by atoms with Gasteiger partial charge < -0.3 is 11.1 Å². The highest BCUT2D eigenvalue weighted by Gasteiger charge is 2.23. The smallest absolute Gasteiger partial charge is 0.0766 e. The molecule has 3 rings (SSSR count). The van der Waals surface area contributed by atoms with Crippen LogP contribution in [0.1, 0.15) is 50.1 Å². The molecule has 1 aliphatic rings. The van der Waals surface area contributed by atoms with E-state index in [1.165, 1.54) is 43.5 Å². The van der Waals surface area contributed by atoms with E-state index in [1.807, 2.05) is 12.3 Å². The second-order valence-corrected chi connectivity index (χ2v) is 6.09. The van der Waals surface area contributed by atoms with Crippen LogP contribution in [0.3, 0.4) is 0 Å². The summed E-state index contributed by atoms with van der Waals surface area (Å²) in [4.78, 5) is 0. The molecule has 1 aromatic heterocycles. The van der Waals surface area contributed by atoms with E-state index in [0.717, 1.165) is 25.2 Å². The van der Waals surface area contributed by atoms with Crippen LogP contribution in [0.2, 0.25) is 0 Å². The van der Waals surface area contributed by atoms with E-state index in [0.29, 0.717) is 5.92 Å². The highest BCUT2D eigenvalue weighted by Crippen LogP contribution is 2.37. The van der Waals surface area contributed by atoms with Gasteiger partial charge in [-0.1, -0.05) is 37.5 Å². The van der Waals surface area contributed by atoms with Crippen molar-refractivity contribution in [1.82, 2.24) is 9.78 Å². The van der Waals surface area contributed by atoms with Gasteiger partial charge in [0.15, 0.2) is 0 Å². The summed E-state index contributed by atoms with van der Waals surface area (Å²) in [6, 6.07) is 10.5. The second kappa shape index (κ2) is 7.45. The van der Waals surface area contributed by atoms with Gasteiger partial charge in [-0.05, 0) is 37.9 Å². The van der Waals surface area contributed by atoms with Crippen LogP contribution in [0.15, 0.2) is 36.5 Å². The predicted octanol–water partition coefficient (Wildman–Crippen LogP) is 3.68. The monoisotopic (exact) mass is 298 g/mol. The van der Waals surface area contributed by atoms with Gasteiger partial charge in [-0.3, -0.25) is 0 Å². The van der Waals surface area contributed by atoms with E-state index in [-0.39, 0.29) is 0 Å². The highest BCUT2D eigenvalue weighted by atomic mass is 15.3. The molecule has 0 amide bonds. The molecule has 0 unspecified atom stereocenters. The molecular weight excluding hydrogens is 272 g/mol. The van der Waals surface area contributed by atoms with Crippen LogP contribution < -0.4 is 11.1 Å². The molecule has 22 heavy (non-hydrogen) atoms. The molecule has 1 aromatic carbocycles. The Labute approximate surface area is 132 Å². The Hall–Kier alpha value is -1.81. The van der Waals surface area contributed by atoms with Crippen molar-refractivity contribution in [3.63, 3.8) is 0 Å². The predicted molar refractivity (Wildman–Crippen MR) is 91.6 cm³/mol. The SMILES string of the molecule is NCCCNc1cnn(-c2ccccc2)c1C1CCCCC1. The van der Waals surface area contributed by atoms with Gasteiger partial charge in [0, 0.05) is 12.5 Å².